The van der Waals surface area contributed by atoms with Gasteiger partial charge in [0.2, 0.25) is 0 Å². The molecule has 0 saturated heterocycles. The van der Waals surface area contributed by atoms with Gasteiger partial charge in [0.15, 0.2) is 5.43 Å². The zero-order valence-electron chi connectivity index (χ0n) is 16.0. The van der Waals surface area contributed by atoms with Gasteiger partial charge in [-0.15, -0.1) is 0 Å². The lowest BCUT2D eigenvalue weighted by Crippen LogP contribution is -2.25. The largest absolute Gasteiger partial charge is 0.329 e. The Hall–Kier alpha value is -2.94. The van der Waals surface area contributed by atoms with Crippen LogP contribution in [0.2, 0.25) is 0 Å². The van der Waals surface area contributed by atoms with E-state index in [0.29, 0.717) is 35.1 Å². The average Bonchev–Trinajstić information content (AvgIpc) is 3.11. The summed E-state index contributed by atoms with van der Waals surface area (Å²) in [5.74, 6) is 0.311. The van der Waals surface area contributed by atoms with Gasteiger partial charge < -0.3 is 5.73 Å². The summed E-state index contributed by atoms with van der Waals surface area (Å²) in [6.45, 7) is 0.900. The molecule has 7 nitrogen and oxygen atoms in total. The fourth-order valence-electron chi connectivity index (χ4n) is 3.24. The summed E-state index contributed by atoms with van der Waals surface area (Å²) in [6, 6.07) is 11.2. The van der Waals surface area contributed by atoms with E-state index in [1.165, 1.54) is 0 Å². The van der Waals surface area contributed by atoms with Gasteiger partial charge in [-0.3, -0.25) is 14.5 Å². The Bertz CT molecular complexity index is 1290. The lowest BCUT2D eigenvalue weighted by Gasteiger charge is -2.04. The molecule has 1 unspecified atom stereocenters. The number of hydrogen-bond acceptors (Lipinski definition) is 5. The third kappa shape index (κ3) is 4.09. The van der Waals surface area contributed by atoms with Gasteiger partial charge in [0.25, 0.3) is 0 Å². The maximum absolute atomic E-state index is 13.3. The van der Waals surface area contributed by atoms with Crippen molar-refractivity contribution in [1.29, 1.82) is 0 Å². The molecular weight excluding hydrogens is 386 g/mol. The number of aryl methyl sites for hydroxylation is 1. The highest BCUT2D eigenvalue weighted by Gasteiger charge is 2.09. The minimum Gasteiger partial charge on any atom is -0.329 e. The third-order valence-corrected chi connectivity index (χ3v) is 5.81. The number of hydrogen-bond donors (Lipinski definition) is 2. The van der Waals surface area contributed by atoms with Gasteiger partial charge in [0, 0.05) is 54.4 Å². The number of nitrogens with one attached hydrogen (secondary N) is 1. The zero-order chi connectivity index (χ0) is 20.4. The van der Waals surface area contributed by atoms with Crippen molar-refractivity contribution in [2.75, 3.05) is 13.1 Å². The Kier molecular flexibility index (Phi) is 5.48. The van der Waals surface area contributed by atoms with E-state index in [-0.39, 0.29) is 5.43 Å². The quantitative estimate of drug-likeness (QED) is 0.508. The summed E-state index contributed by atoms with van der Waals surface area (Å²) in [5, 5.41) is 6.13. The molecule has 4 rings (SSSR count). The van der Waals surface area contributed by atoms with E-state index < -0.39 is 11.0 Å². The summed E-state index contributed by atoms with van der Waals surface area (Å²) in [5.41, 5.74) is 8.54. The molecule has 0 saturated carbocycles. The molecule has 0 bridgehead atoms. The first-order valence-electron chi connectivity index (χ1n) is 9.22. The van der Waals surface area contributed by atoms with Crippen LogP contribution in [0.3, 0.4) is 0 Å². The van der Waals surface area contributed by atoms with Crippen LogP contribution in [0, 0.1) is 0 Å². The molecule has 0 aliphatic rings. The van der Waals surface area contributed by atoms with E-state index >= 15 is 0 Å². The Balaban J connectivity index is 1.83. The molecule has 0 fully saturated rings. The van der Waals surface area contributed by atoms with Gasteiger partial charge in [-0.2, -0.15) is 5.10 Å². The van der Waals surface area contributed by atoms with Gasteiger partial charge in [-0.05, 0) is 29.1 Å². The molecule has 0 aliphatic carbocycles. The molecular formula is C21H21N5O2S. The lowest BCUT2D eigenvalue weighted by atomic mass is 10.1. The molecule has 4 aromatic rings. The first-order chi connectivity index (χ1) is 14.0. The molecule has 3 N–H and O–H groups in total. The van der Waals surface area contributed by atoms with Gasteiger partial charge in [0.05, 0.1) is 28.5 Å². The SMILES string of the molecule is Cn1cc(-c2cnc3ccc4ccc(CS(=O)NCCN)cc4c(=O)c3c2)cn1. The molecule has 8 heteroatoms. The van der Waals surface area contributed by atoms with Crippen LogP contribution in [0.15, 0.2) is 59.8 Å². The van der Waals surface area contributed by atoms with Crippen molar-refractivity contribution in [3.8, 4) is 11.1 Å². The topological polar surface area (TPSA) is 103 Å². The molecule has 2 aromatic carbocycles. The minimum absolute atomic E-state index is 0.0965. The van der Waals surface area contributed by atoms with Crippen molar-refractivity contribution in [3.63, 3.8) is 0 Å². The van der Waals surface area contributed by atoms with Crippen LogP contribution < -0.4 is 15.9 Å². The molecule has 0 amide bonds. The molecule has 29 heavy (non-hydrogen) atoms. The molecule has 0 aliphatic heterocycles. The molecule has 0 spiro atoms. The third-order valence-electron chi connectivity index (χ3n) is 4.69. The van der Waals surface area contributed by atoms with Crippen molar-refractivity contribution >= 4 is 32.7 Å². The summed E-state index contributed by atoms with van der Waals surface area (Å²) < 4.78 is 16.7. The maximum atomic E-state index is 13.3. The minimum atomic E-state index is -1.24. The monoisotopic (exact) mass is 407 g/mol. The number of benzene rings is 1. The lowest BCUT2D eigenvalue weighted by molar-refractivity contribution is 0.671. The van der Waals surface area contributed by atoms with Crippen molar-refractivity contribution < 1.29 is 4.21 Å². The average molecular weight is 407 g/mol. The second-order valence-corrected chi connectivity index (χ2v) is 8.08. The van der Waals surface area contributed by atoms with Crippen LogP contribution in [0.25, 0.3) is 32.8 Å². The summed E-state index contributed by atoms with van der Waals surface area (Å²) in [6.07, 6.45) is 5.38. The van der Waals surface area contributed by atoms with E-state index in [9.17, 15) is 9.00 Å². The highest BCUT2D eigenvalue weighted by atomic mass is 32.2. The van der Waals surface area contributed by atoms with E-state index in [4.69, 9.17) is 5.73 Å². The van der Waals surface area contributed by atoms with Crippen LogP contribution in [0.5, 0.6) is 0 Å². The fourth-order valence-corrected chi connectivity index (χ4v) is 4.17. The van der Waals surface area contributed by atoms with Crippen molar-refractivity contribution in [1.82, 2.24) is 19.5 Å². The Morgan fingerprint density at radius 1 is 1.10 bits per heavy atom. The van der Waals surface area contributed by atoms with Crippen LogP contribution in [0.4, 0.5) is 0 Å². The number of aromatic nitrogens is 3. The van der Waals surface area contributed by atoms with E-state index in [1.807, 2.05) is 49.6 Å². The van der Waals surface area contributed by atoms with Gasteiger partial charge in [0.1, 0.15) is 0 Å². The summed E-state index contributed by atoms with van der Waals surface area (Å²) >= 11 is 0. The molecule has 148 valence electrons. The van der Waals surface area contributed by atoms with E-state index in [2.05, 4.69) is 14.8 Å². The Morgan fingerprint density at radius 2 is 1.93 bits per heavy atom. The standard InChI is InChI=1S/C21H21N5O2S/c1-26-12-17(11-24-26)16-9-19-20(23-10-16)5-4-15-3-2-14(8-18(15)21(19)27)13-29(28)25-7-6-22/h2-5,8-12,25H,6-7,13,22H2,1H3. The Morgan fingerprint density at radius 3 is 2.69 bits per heavy atom. The Labute approximate surface area is 170 Å². The highest BCUT2D eigenvalue weighted by Crippen LogP contribution is 2.22. The fraction of sp³-hybridized carbons (Fsp3) is 0.190. The van der Waals surface area contributed by atoms with Gasteiger partial charge in [-0.1, -0.05) is 18.2 Å². The van der Waals surface area contributed by atoms with Gasteiger partial charge in [-0.25, -0.2) is 8.93 Å². The van der Waals surface area contributed by atoms with Crippen LogP contribution >= 0.6 is 0 Å². The maximum Gasteiger partial charge on any atom is 0.195 e. The second-order valence-electron chi connectivity index (χ2n) is 6.82. The smallest absolute Gasteiger partial charge is 0.195 e. The zero-order valence-corrected chi connectivity index (χ0v) is 16.8. The summed E-state index contributed by atoms with van der Waals surface area (Å²) in [4.78, 5) is 17.8. The first-order valence-corrected chi connectivity index (χ1v) is 10.5. The highest BCUT2D eigenvalue weighted by molar-refractivity contribution is 7.82. The number of rotatable bonds is 6. The predicted molar refractivity (Wildman–Crippen MR) is 117 cm³/mol. The number of nitrogens with zero attached hydrogens (tertiary/aromatic N) is 3. The van der Waals surface area contributed by atoms with Crippen molar-refractivity contribution in [3.05, 3.63) is 70.8 Å². The first kappa shape index (κ1) is 19.4. The van der Waals surface area contributed by atoms with E-state index in [0.717, 1.165) is 22.1 Å². The van der Waals surface area contributed by atoms with Crippen LogP contribution in [-0.2, 0) is 23.8 Å². The van der Waals surface area contributed by atoms with E-state index in [1.54, 1.807) is 17.1 Å². The molecule has 1 atom stereocenters. The molecule has 2 heterocycles. The van der Waals surface area contributed by atoms with Gasteiger partial charge >= 0.3 is 0 Å². The molecule has 2 aromatic heterocycles. The van der Waals surface area contributed by atoms with Crippen LogP contribution in [-0.4, -0.2) is 32.1 Å². The number of pyridine rings is 1. The molecule has 0 radical (unpaired) electrons. The summed E-state index contributed by atoms with van der Waals surface area (Å²) in [7, 11) is 0.606. The van der Waals surface area contributed by atoms with Crippen molar-refractivity contribution in [2.45, 2.75) is 5.75 Å². The predicted octanol–water partition coefficient (Wildman–Crippen LogP) is 1.86. The van der Waals surface area contributed by atoms with Crippen molar-refractivity contribution in [2.24, 2.45) is 12.8 Å². The second kappa shape index (κ2) is 8.20. The number of fused-ring (bicyclic) bond motifs is 2. The van der Waals surface area contributed by atoms with Crippen LogP contribution in [0.1, 0.15) is 5.56 Å². The number of nitrogens with two attached hydrogens (primary N) is 1. The normalized spacial score (nSPS) is 12.5.